The maximum atomic E-state index is 13.0. The summed E-state index contributed by atoms with van der Waals surface area (Å²) in [6, 6.07) is 1.91. The second-order valence-corrected chi connectivity index (χ2v) is 15.4. The molecule has 3 N–H and O–H groups in total. The van der Waals surface area contributed by atoms with E-state index in [1.165, 1.54) is 24.8 Å². The molecule has 1 aliphatic heterocycles. The van der Waals surface area contributed by atoms with Crippen LogP contribution in [0, 0.1) is 40.4 Å². The summed E-state index contributed by atoms with van der Waals surface area (Å²) in [6.45, 7) is 17.8. The van der Waals surface area contributed by atoms with Gasteiger partial charge in [0.1, 0.15) is 0 Å². The minimum atomic E-state index is -0.0773. The zero-order chi connectivity index (χ0) is 28.7. The van der Waals surface area contributed by atoms with Gasteiger partial charge in [-0.3, -0.25) is 0 Å². The van der Waals surface area contributed by atoms with Crippen LogP contribution in [0.3, 0.4) is 0 Å². The molecule has 6 rings (SSSR count). The number of nitrogens with one attached hydrogen (secondary N) is 1. The SMILES string of the molecule is Cc1c(O)c(O)cc2c1C=CC1[C@@]2(C)CC[C@@]2(C)[C@@H]3C[C@](C)(CNC(=O)N4CCOCC4)CC[C@]3(C)CC[C@]12C. The normalized spacial score (nSPS) is 42.3. The van der Waals surface area contributed by atoms with E-state index in [9.17, 15) is 15.0 Å². The first-order chi connectivity index (χ1) is 18.8. The number of benzene rings is 1. The van der Waals surface area contributed by atoms with Crippen LogP contribution in [0.15, 0.2) is 12.1 Å². The summed E-state index contributed by atoms with van der Waals surface area (Å²) in [5.41, 5.74) is 3.70. The second kappa shape index (κ2) is 9.14. The number of hydrogen-bond donors (Lipinski definition) is 3. The Morgan fingerprint density at radius 2 is 1.68 bits per heavy atom. The first-order valence-electron chi connectivity index (χ1n) is 15.6. The predicted octanol–water partition coefficient (Wildman–Crippen LogP) is 6.76. The molecule has 40 heavy (non-hydrogen) atoms. The highest BCUT2D eigenvalue weighted by Crippen LogP contribution is 2.75. The highest BCUT2D eigenvalue weighted by Gasteiger charge is 2.67. The van der Waals surface area contributed by atoms with Crippen molar-refractivity contribution in [3.63, 3.8) is 0 Å². The van der Waals surface area contributed by atoms with E-state index in [2.05, 4.69) is 52.1 Å². The van der Waals surface area contributed by atoms with Gasteiger partial charge in [-0.1, -0.05) is 46.8 Å². The van der Waals surface area contributed by atoms with Gasteiger partial charge in [0.15, 0.2) is 11.5 Å². The molecule has 6 heteroatoms. The molecule has 0 aromatic heterocycles. The number of rotatable bonds is 2. The lowest BCUT2D eigenvalue weighted by Crippen LogP contribution is -2.65. The number of carbonyl (C=O) groups excluding carboxylic acids is 1. The molecule has 5 aliphatic rings. The van der Waals surface area contributed by atoms with E-state index < -0.39 is 0 Å². The van der Waals surface area contributed by atoms with Crippen LogP contribution in [0.5, 0.6) is 11.5 Å². The molecule has 4 fully saturated rings. The molecule has 1 saturated heterocycles. The van der Waals surface area contributed by atoms with Crippen molar-refractivity contribution in [3.8, 4) is 11.5 Å². The van der Waals surface area contributed by atoms with Crippen LogP contribution in [-0.2, 0) is 10.2 Å². The second-order valence-electron chi connectivity index (χ2n) is 15.4. The maximum Gasteiger partial charge on any atom is 0.317 e. The van der Waals surface area contributed by atoms with Gasteiger partial charge < -0.3 is 25.2 Å². The lowest BCUT2D eigenvalue weighted by molar-refractivity contribution is -0.199. The minimum absolute atomic E-state index is 0.00315. The summed E-state index contributed by atoms with van der Waals surface area (Å²) >= 11 is 0. The Labute approximate surface area is 240 Å². The van der Waals surface area contributed by atoms with Crippen LogP contribution in [0.4, 0.5) is 4.79 Å². The Hall–Kier alpha value is -2.21. The average Bonchev–Trinajstić information content (AvgIpc) is 2.94. The number of phenols is 2. The molecule has 2 amide bonds. The molecule has 0 spiro atoms. The van der Waals surface area contributed by atoms with Gasteiger partial charge in [0, 0.05) is 30.6 Å². The van der Waals surface area contributed by atoms with Crippen molar-refractivity contribution in [1.82, 2.24) is 10.2 Å². The van der Waals surface area contributed by atoms with Crippen molar-refractivity contribution in [2.45, 2.75) is 91.9 Å². The van der Waals surface area contributed by atoms with Crippen LogP contribution >= 0.6 is 0 Å². The molecule has 1 aromatic carbocycles. The van der Waals surface area contributed by atoms with Gasteiger partial charge in [0.2, 0.25) is 0 Å². The van der Waals surface area contributed by atoms with E-state index in [0.29, 0.717) is 43.6 Å². The molecule has 6 nitrogen and oxygen atoms in total. The van der Waals surface area contributed by atoms with Crippen molar-refractivity contribution in [3.05, 3.63) is 28.8 Å². The highest BCUT2D eigenvalue weighted by atomic mass is 16.5. The van der Waals surface area contributed by atoms with E-state index in [1.807, 2.05) is 17.9 Å². The van der Waals surface area contributed by atoms with Crippen LogP contribution in [0.2, 0.25) is 0 Å². The average molecular weight is 551 g/mol. The number of amides is 2. The molecule has 7 atom stereocenters. The molecule has 220 valence electrons. The van der Waals surface area contributed by atoms with E-state index in [4.69, 9.17) is 4.74 Å². The Morgan fingerprint density at radius 1 is 1.00 bits per heavy atom. The van der Waals surface area contributed by atoms with Gasteiger partial charge in [0.25, 0.3) is 0 Å². The number of aromatic hydroxyl groups is 2. The third-order valence-electron chi connectivity index (χ3n) is 13.3. The Kier molecular flexibility index (Phi) is 6.39. The number of phenolic OH excluding ortho intramolecular Hbond substituents is 2. The fourth-order valence-corrected chi connectivity index (χ4v) is 10.2. The monoisotopic (exact) mass is 550 g/mol. The molecule has 4 aliphatic carbocycles. The Balaban J connectivity index is 1.29. The lowest BCUT2D eigenvalue weighted by atomic mass is 9.33. The smallest absolute Gasteiger partial charge is 0.317 e. The summed E-state index contributed by atoms with van der Waals surface area (Å²) in [6.07, 6.45) is 12.9. The van der Waals surface area contributed by atoms with Gasteiger partial charge in [-0.25, -0.2) is 4.79 Å². The number of ether oxygens (including phenoxy) is 1. The fraction of sp³-hybridized carbons (Fsp3) is 0.735. The number of carbonyl (C=O) groups is 1. The molecule has 1 aromatic rings. The Morgan fingerprint density at radius 3 is 2.40 bits per heavy atom. The molecule has 1 heterocycles. The van der Waals surface area contributed by atoms with E-state index in [0.717, 1.165) is 43.4 Å². The van der Waals surface area contributed by atoms with Crippen molar-refractivity contribution in [2.75, 3.05) is 32.8 Å². The van der Waals surface area contributed by atoms with Gasteiger partial charge in [-0.2, -0.15) is 0 Å². The van der Waals surface area contributed by atoms with Gasteiger partial charge in [0.05, 0.1) is 13.2 Å². The molecule has 3 saturated carbocycles. The molecular formula is C34H50N2O4. The Bertz CT molecular complexity index is 1240. The lowest BCUT2D eigenvalue weighted by Gasteiger charge is -2.71. The number of fused-ring (bicyclic) bond motifs is 7. The summed E-state index contributed by atoms with van der Waals surface area (Å²) < 4.78 is 5.44. The summed E-state index contributed by atoms with van der Waals surface area (Å²) in [5.74, 6) is 0.969. The van der Waals surface area contributed by atoms with E-state index in [-0.39, 0.29) is 39.2 Å². The number of urea groups is 1. The number of hydrogen-bond acceptors (Lipinski definition) is 4. The number of allylic oxidation sites excluding steroid dienone is 1. The van der Waals surface area contributed by atoms with Crippen LogP contribution in [-0.4, -0.2) is 54.0 Å². The van der Waals surface area contributed by atoms with Crippen LogP contribution in [0.25, 0.3) is 6.08 Å². The van der Waals surface area contributed by atoms with Gasteiger partial charge >= 0.3 is 6.03 Å². The molecular weight excluding hydrogens is 500 g/mol. The minimum Gasteiger partial charge on any atom is -0.504 e. The van der Waals surface area contributed by atoms with Crippen molar-refractivity contribution in [2.24, 2.45) is 33.5 Å². The molecule has 0 radical (unpaired) electrons. The standard InChI is InChI=1S/C34H50N2O4/c1-22-23-7-8-26-32(4,24(23)19-25(37)28(22)38)12-14-34(6)27-20-30(2,9-10-31(27,3)11-13-33(26,34)5)21-35-29(39)36-15-17-40-18-16-36/h7-8,19,26-27,37-38H,9-18,20-21H2,1-6H3,(H,35,39)/t26?,27-,30-,31-,32+,33-,34+/m1/s1. The van der Waals surface area contributed by atoms with Crippen molar-refractivity contribution < 1.29 is 19.7 Å². The summed E-state index contributed by atoms with van der Waals surface area (Å²) in [5, 5.41) is 24.4. The van der Waals surface area contributed by atoms with E-state index in [1.54, 1.807) is 0 Å². The predicted molar refractivity (Wildman–Crippen MR) is 158 cm³/mol. The van der Waals surface area contributed by atoms with Crippen LogP contribution in [0.1, 0.15) is 96.3 Å². The zero-order valence-electron chi connectivity index (χ0n) is 25.5. The third kappa shape index (κ3) is 3.87. The molecule has 1 unspecified atom stereocenters. The van der Waals surface area contributed by atoms with Crippen molar-refractivity contribution in [1.29, 1.82) is 0 Å². The highest BCUT2D eigenvalue weighted by molar-refractivity contribution is 5.74. The maximum absolute atomic E-state index is 13.0. The van der Waals surface area contributed by atoms with Gasteiger partial charge in [-0.05, 0) is 103 Å². The zero-order valence-corrected chi connectivity index (χ0v) is 25.5. The number of morpholine rings is 1. The topological polar surface area (TPSA) is 82.0 Å². The summed E-state index contributed by atoms with van der Waals surface area (Å²) in [4.78, 5) is 14.8. The third-order valence-corrected chi connectivity index (χ3v) is 13.3. The number of nitrogens with zero attached hydrogens (tertiary/aromatic N) is 1. The molecule has 0 bridgehead atoms. The quantitative estimate of drug-likeness (QED) is 0.355. The van der Waals surface area contributed by atoms with Crippen LogP contribution < -0.4 is 5.32 Å². The van der Waals surface area contributed by atoms with E-state index >= 15 is 0 Å². The van der Waals surface area contributed by atoms with Gasteiger partial charge in [-0.15, -0.1) is 0 Å². The largest absolute Gasteiger partial charge is 0.504 e. The fourth-order valence-electron chi connectivity index (χ4n) is 10.2. The summed E-state index contributed by atoms with van der Waals surface area (Å²) in [7, 11) is 0. The van der Waals surface area contributed by atoms with Crippen molar-refractivity contribution >= 4 is 12.1 Å². The first kappa shape index (κ1) is 27.9. The first-order valence-corrected chi connectivity index (χ1v) is 15.6.